The third-order valence-corrected chi connectivity index (χ3v) is 4.32. The molecule has 5 nitrogen and oxygen atoms in total. The number of rotatable bonds is 4. The van der Waals surface area contributed by atoms with Crippen molar-refractivity contribution in [2.45, 2.75) is 0 Å². The predicted molar refractivity (Wildman–Crippen MR) is 88.8 cm³/mol. The van der Waals surface area contributed by atoms with Crippen LogP contribution in [0.2, 0.25) is 0 Å². The number of hydrazone groups is 1. The van der Waals surface area contributed by atoms with Crippen molar-refractivity contribution >= 4 is 29.1 Å². The highest BCUT2D eigenvalue weighted by Gasteiger charge is 2.15. The van der Waals surface area contributed by atoms with Crippen molar-refractivity contribution in [1.82, 2.24) is 5.43 Å². The number of halogens is 1. The summed E-state index contributed by atoms with van der Waals surface area (Å²) < 4.78 is 19.5. The summed E-state index contributed by atoms with van der Waals surface area (Å²) >= 11 is 1.34. The van der Waals surface area contributed by atoms with E-state index < -0.39 is 0 Å². The van der Waals surface area contributed by atoms with E-state index in [-0.39, 0.29) is 11.7 Å². The molecule has 1 aliphatic heterocycles. The van der Waals surface area contributed by atoms with Gasteiger partial charge in [-0.05, 0) is 29.1 Å². The first-order valence-electron chi connectivity index (χ1n) is 7.23. The van der Waals surface area contributed by atoms with Crippen LogP contribution in [0.25, 0.3) is 0 Å². The molecule has 2 aromatic rings. The first kappa shape index (κ1) is 15.6. The molecule has 1 saturated heterocycles. The number of benzene rings is 1. The van der Waals surface area contributed by atoms with Gasteiger partial charge in [-0.3, -0.25) is 4.79 Å². The number of nitrogens with one attached hydrogen (secondary N) is 1. The van der Waals surface area contributed by atoms with Crippen LogP contribution in [0.1, 0.15) is 15.2 Å². The first-order chi connectivity index (χ1) is 11.2. The van der Waals surface area contributed by atoms with Gasteiger partial charge in [0.1, 0.15) is 5.82 Å². The van der Waals surface area contributed by atoms with Gasteiger partial charge in [-0.15, -0.1) is 11.3 Å². The molecule has 1 aromatic carbocycles. The Morgan fingerprint density at radius 3 is 2.87 bits per heavy atom. The van der Waals surface area contributed by atoms with Crippen LogP contribution in [0, 0.1) is 5.82 Å². The van der Waals surface area contributed by atoms with E-state index in [1.165, 1.54) is 23.6 Å². The molecule has 7 heteroatoms. The summed E-state index contributed by atoms with van der Waals surface area (Å²) in [5.74, 6) is -0.581. The van der Waals surface area contributed by atoms with Gasteiger partial charge in [0.15, 0.2) is 0 Å². The Bertz CT molecular complexity index is 697. The van der Waals surface area contributed by atoms with E-state index in [0.29, 0.717) is 42.4 Å². The van der Waals surface area contributed by atoms with Gasteiger partial charge in [0.2, 0.25) is 0 Å². The second kappa shape index (κ2) is 7.34. The molecule has 0 atom stereocenters. The maximum atomic E-state index is 14.2. The van der Waals surface area contributed by atoms with E-state index in [2.05, 4.69) is 10.5 Å². The van der Waals surface area contributed by atoms with E-state index in [1.54, 1.807) is 24.3 Å². The molecule has 1 aromatic heterocycles. The minimum atomic E-state index is -0.305. The number of thiophene rings is 1. The topological polar surface area (TPSA) is 53.9 Å². The number of morpholine rings is 1. The summed E-state index contributed by atoms with van der Waals surface area (Å²) in [6.07, 6.45) is 1.43. The molecule has 3 rings (SSSR count). The SMILES string of the molecule is O=C(N/N=C/c1ccc(N2CCOCC2)c(F)c1)c1cccs1. The van der Waals surface area contributed by atoms with Crippen LogP contribution in [-0.4, -0.2) is 38.4 Å². The third kappa shape index (κ3) is 3.94. The molecule has 1 aliphatic rings. The lowest BCUT2D eigenvalue weighted by Crippen LogP contribution is -2.36. The number of hydrogen-bond acceptors (Lipinski definition) is 5. The lowest BCUT2D eigenvalue weighted by molar-refractivity contribution is 0.0959. The summed E-state index contributed by atoms with van der Waals surface area (Å²) in [5.41, 5.74) is 3.57. The Kier molecular flexibility index (Phi) is 4.99. The number of carbonyl (C=O) groups is 1. The van der Waals surface area contributed by atoms with E-state index in [9.17, 15) is 9.18 Å². The van der Waals surface area contributed by atoms with E-state index >= 15 is 0 Å². The number of carbonyl (C=O) groups excluding carboxylic acids is 1. The van der Waals surface area contributed by atoms with Gasteiger partial charge >= 0.3 is 0 Å². The number of hydrogen-bond donors (Lipinski definition) is 1. The molecule has 0 spiro atoms. The molecule has 1 N–H and O–H groups in total. The number of amides is 1. The fourth-order valence-electron chi connectivity index (χ4n) is 2.29. The molecule has 0 unspecified atom stereocenters. The lowest BCUT2D eigenvalue weighted by Gasteiger charge is -2.29. The molecule has 0 bridgehead atoms. The first-order valence-corrected chi connectivity index (χ1v) is 8.11. The predicted octanol–water partition coefficient (Wildman–Crippen LogP) is 2.49. The lowest BCUT2D eigenvalue weighted by atomic mass is 10.2. The van der Waals surface area contributed by atoms with E-state index in [4.69, 9.17) is 4.74 Å². The zero-order valence-corrected chi connectivity index (χ0v) is 13.2. The maximum Gasteiger partial charge on any atom is 0.281 e. The van der Waals surface area contributed by atoms with Crippen molar-refractivity contribution in [3.8, 4) is 0 Å². The van der Waals surface area contributed by atoms with Gasteiger partial charge in [-0.1, -0.05) is 12.1 Å². The Morgan fingerprint density at radius 1 is 1.35 bits per heavy atom. The monoisotopic (exact) mass is 333 g/mol. The second-order valence-electron chi connectivity index (χ2n) is 4.99. The Morgan fingerprint density at radius 2 is 2.17 bits per heavy atom. The highest BCUT2D eigenvalue weighted by atomic mass is 32.1. The number of ether oxygens (including phenoxy) is 1. The molecule has 23 heavy (non-hydrogen) atoms. The van der Waals surface area contributed by atoms with Gasteiger partial charge in [0.25, 0.3) is 5.91 Å². The summed E-state index contributed by atoms with van der Waals surface area (Å²) in [7, 11) is 0. The van der Waals surface area contributed by atoms with Crippen LogP contribution in [0.3, 0.4) is 0 Å². The molecular formula is C16H16FN3O2S. The van der Waals surface area contributed by atoms with Crippen molar-refractivity contribution in [3.05, 3.63) is 52.0 Å². The molecule has 0 aliphatic carbocycles. The zero-order chi connectivity index (χ0) is 16.1. The van der Waals surface area contributed by atoms with Crippen LogP contribution in [-0.2, 0) is 4.74 Å². The largest absolute Gasteiger partial charge is 0.378 e. The van der Waals surface area contributed by atoms with Crippen LogP contribution in [0.5, 0.6) is 0 Å². The fourth-order valence-corrected chi connectivity index (χ4v) is 2.91. The second-order valence-corrected chi connectivity index (χ2v) is 5.93. The minimum absolute atomic E-state index is 0.276. The summed E-state index contributed by atoms with van der Waals surface area (Å²) in [6.45, 7) is 2.58. The van der Waals surface area contributed by atoms with Crippen LogP contribution in [0.15, 0.2) is 40.8 Å². The van der Waals surface area contributed by atoms with E-state index in [1.807, 2.05) is 10.3 Å². The van der Waals surface area contributed by atoms with Crippen molar-refractivity contribution in [2.24, 2.45) is 5.10 Å². The molecule has 120 valence electrons. The van der Waals surface area contributed by atoms with Gasteiger partial charge in [0, 0.05) is 13.1 Å². The third-order valence-electron chi connectivity index (χ3n) is 3.45. The van der Waals surface area contributed by atoms with Gasteiger partial charge < -0.3 is 9.64 Å². The highest BCUT2D eigenvalue weighted by Crippen LogP contribution is 2.21. The molecule has 2 heterocycles. The average Bonchev–Trinajstić information content (AvgIpc) is 3.10. The smallest absolute Gasteiger partial charge is 0.281 e. The van der Waals surface area contributed by atoms with E-state index in [0.717, 1.165) is 0 Å². The molecule has 0 saturated carbocycles. The van der Waals surface area contributed by atoms with Crippen LogP contribution < -0.4 is 10.3 Å². The van der Waals surface area contributed by atoms with Gasteiger partial charge in [0.05, 0.1) is 30.0 Å². The zero-order valence-electron chi connectivity index (χ0n) is 12.4. The molecule has 0 radical (unpaired) electrons. The summed E-state index contributed by atoms with van der Waals surface area (Å²) in [6, 6.07) is 8.42. The Hall–Kier alpha value is -2.25. The Balaban J connectivity index is 1.63. The van der Waals surface area contributed by atoms with Crippen molar-refractivity contribution in [2.75, 3.05) is 31.2 Å². The van der Waals surface area contributed by atoms with Crippen molar-refractivity contribution in [1.29, 1.82) is 0 Å². The van der Waals surface area contributed by atoms with Gasteiger partial charge in [-0.25, -0.2) is 9.82 Å². The van der Waals surface area contributed by atoms with Crippen molar-refractivity contribution < 1.29 is 13.9 Å². The standard InChI is InChI=1S/C16H16FN3O2S/c17-13-10-12(3-4-14(13)20-5-7-22-8-6-20)11-18-19-16(21)15-2-1-9-23-15/h1-4,9-11H,5-8H2,(H,19,21)/b18-11+. The Labute approximate surface area is 137 Å². The highest BCUT2D eigenvalue weighted by molar-refractivity contribution is 7.12. The quantitative estimate of drug-likeness (QED) is 0.691. The minimum Gasteiger partial charge on any atom is -0.378 e. The number of anilines is 1. The van der Waals surface area contributed by atoms with Crippen LogP contribution >= 0.6 is 11.3 Å². The summed E-state index contributed by atoms with van der Waals surface area (Å²) in [4.78, 5) is 14.3. The summed E-state index contributed by atoms with van der Waals surface area (Å²) in [5, 5.41) is 5.68. The normalized spacial score (nSPS) is 15.1. The van der Waals surface area contributed by atoms with Crippen molar-refractivity contribution in [3.63, 3.8) is 0 Å². The van der Waals surface area contributed by atoms with Gasteiger partial charge in [-0.2, -0.15) is 5.10 Å². The van der Waals surface area contributed by atoms with Crippen LogP contribution in [0.4, 0.5) is 10.1 Å². The fraction of sp³-hybridized carbons (Fsp3) is 0.250. The molecule has 1 fully saturated rings. The number of nitrogens with zero attached hydrogens (tertiary/aromatic N) is 2. The maximum absolute atomic E-state index is 14.2. The molecule has 1 amide bonds. The molecular weight excluding hydrogens is 317 g/mol. The average molecular weight is 333 g/mol.